The summed E-state index contributed by atoms with van der Waals surface area (Å²) >= 11 is 9.02. The van der Waals surface area contributed by atoms with Crippen LogP contribution in [0.2, 0.25) is 5.02 Å². The molecule has 21 heavy (non-hydrogen) atoms. The van der Waals surface area contributed by atoms with Gasteiger partial charge in [-0.25, -0.2) is 0 Å². The molecule has 0 aliphatic heterocycles. The molecule has 0 heterocycles. The van der Waals surface area contributed by atoms with Crippen molar-refractivity contribution in [2.75, 3.05) is 7.05 Å². The maximum Gasteiger partial charge on any atom is 0.416 e. The standard InChI is InChI=1S/C15H12BrClF3N/c1-21-14(9-3-2-4-11(17)7-9)12-6-5-10(16)8-13(12)15(18,19)20/h2-8,14,21H,1H3. The Kier molecular flexibility index (Phi) is 4.96. The van der Waals surface area contributed by atoms with Crippen LogP contribution in [0.15, 0.2) is 46.9 Å². The fourth-order valence-electron chi connectivity index (χ4n) is 2.21. The molecule has 112 valence electrons. The predicted octanol–water partition coefficient (Wildman–Crippen LogP) is 5.43. The van der Waals surface area contributed by atoms with Crippen molar-refractivity contribution in [3.63, 3.8) is 0 Å². The van der Waals surface area contributed by atoms with Crippen LogP contribution in [0.3, 0.4) is 0 Å². The predicted molar refractivity (Wildman–Crippen MR) is 81.5 cm³/mol. The zero-order valence-corrected chi connectivity index (χ0v) is 13.4. The SMILES string of the molecule is CNC(c1cccc(Cl)c1)c1ccc(Br)cc1C(F)(F)F. The van der Waals surface area contributed by atoms with Crippen LogP contribution in [0.4, 0.5) is 13.2 Å². The van der Waals surface area contributed by atoms with E-state index < -0.39 is 17.8 Å². The minimum absolute atomic E-state index is 0.162. The van der Waals surface area contributed by atoms with Gasteiger partial charge in [-0.1, -0.05) is 45.7 Å². The summed E-state index contributed by atoms with van der Waals surface area (Å²) in [4.78, 5) is 0. The first-order valence-corrected chi connectivity index (χ1v) is 7.29. The molecule has 6 heteroatoms. The summed E-state index contributed by atoms with van der Waals surface area (Å²) in [5, 5.41) is 3.40. The van der Waals surface area contributed by atoms with E-state index in [9.17, 15) is 13.2 Å². The lowest BCUT2D eigenvalue weighted by Gasteiger charge is -2.22. The van der Waals surface area contributed by atoms with Crippen molar-refractivity contribution in [1.82, 2.24) is 5.32 Å². The highest BCUT2D eigenvalue weighted by molar-refractivity contribution is 9.10. The summed E-state index contributed by atoms with van der Waals surface area (Å²) in [5.74, 6) is 0. The Morgan fingerprint density at radius 3 is 2.43 bits per heavy atom. The van der Waals surface area contributed by atoms with E-state index in [1.165, 1.54) is 6.07 Å². The van der Waals surface area contributed by atoms with E-state index in [0.717, 1.165) is 6.07 Å². The van der Waals surface area contributed by atoms with Gasteiger partial charge in [0.1, 0.15) is 0 Å². The Balaban J connectivity index is 2.58. The molecule has 0 aliphatic carbocycles. The molecule has 1 N–H and O–H groups in total. The van der Waals surface area contributed by atoms with Crippen LogP contribution in [0.5, 0.6) is 0 Å². The molecule has 0 amide bonds. The van der Waals surface area contributed by atoms with E-state index in [0.29, 0.717) is 15.1 Å². The van der Waals surface area contributed by atoms with E-state index in [4.69, 9.17) is 11.6 Å². The topological polar surface area (TPSA) is 12.0 Å². The summed E-state index contributed by atoms with van der Waals surface area (Å²) in [6.45, 7) is 0. The van der Waals surface area contributed by atoms with E-state index >= 15 is 0 Å². The second-order valence-corrected chi connectivity index (χ2v) is 5.86. The molecule has 0 aliphatic rings. The van der Waals surface area contributed by atoms with Crippen molar-refractivity contribution in [3.05, 3.63) is 68.7 Å². The second kappa shape index (κ2) is 6.38. The lowest BCUT2D eigenvalue weighted by atomic mass is 9.94. The first-order valence-electron chi connectivity index (χ1n) is 6.12. The van der Waals surface area contributed by atoms with Gasteiger partial charge in [-0.05, 0) is 42.4 Å². The fraction of sp³-hybridized carbons (Fsp3) is 0.200. The lowest BCUT2D eigenvalue weighted by molar-refractivity contribution is -0.138. The minimum atomic E-state index is -4.42. The molecule has 0 radical (unpaired) electrons. The average molecular weight is 379 g/mol. The van der Waals surface area contributed by atoms with Crippen LogP contribution in [0.1, 0.15) is 22.7 Å². The summed E-state index contributed by atoms with van der Waals surface area (Å²) in [5.41, 5.74) is 0.171. The molecule has 1 unspecified atom stereocenters. The maximum atomic E-state index is 13.2. The third-order valence-corrected chi connectivity index (χ3v) is 3.83. The molecule has 0 fully saturated rings. The smallest absolute Gasteiger partial charge is 0.309 e. The lowest BCUT2D eigenvalue weighted by Crippen LogP contribution is -2.22. The molecular formula is C15H12BrClF3N. The summed E-state index contributed by atoms with van der Waals surface area (Å²) in [7, 11) is 1.62. The number of hydrogen-bond acceptors (Lipinski definition) is 1. The van der Waals surface area contributed by atoms with Crippen molar-refractivity contribution in [3.8, 4) is 0 Å². The van der Waals surface area contributed by atoms with Crippen LogP contribution >= 0.6 is 27.5 Å². The van der Waals surface area contributed by atoms with Gasteiger partial charge in [-0.3, -0.25) is 0 Å². The van der Waals surface area contributed by atoms with Crippen molar-refractivity contribution < 1.29 is 13.2 Å². The average Bonchev–Trinajstić information content (AvgIpc) is 2.40. The Bertz CT molecular complexity index is 643. The summed E-state index contributed by atoms with van der Waals surface area (Å²) < 4.78 is 40.1. The van der Waals surface area contributed by atoms with E-state index in [1.54, 1.807) is 37.4 Å². The molecule has 0 saturated carbocycles. The first kappa shape index (κ1) is 16.3. The van der Waals surface area contributed by atoms with Crippen LogP contribution in [0, 0.1) is 0 Å². The van der Waals surface area contributed by atoms with E-state index in [-0.39, 0.29) is 5.56 Å². The maximum absolute atomic E-state index is 13.2. The molecule has 0 bridgehead atoms. The van der Waals surface area contributed by atoms with Gasteiger partial charge in [0, 0.05) is 9.50 Å². The Labute approximate surface area is 134 Å². The molecule has 0 spiro atoms. The molecule has 1 nitrogen and oxygen atoms in total. The van der Waals surface area contributed by atoms with E-state index in [1.807, 2.05) is 0 Å². The summed E-state index contributed by atoms with van der Waals surface area (Å²) in [6, 6.07) is 10.4. The quantitative estimate of drug-likeness (QED) is 0.751. The van der Waals surface area contributed by atoms with Crippen molar-refractivity contribution in [1.29, 1.82) is 0 Å². The molecular weight excluding hydrogens is 367 g/mol. The highest BCUT2D eigenvalue weighted by atomic mass is 79.9. The largest absolute Gasteiger partial charge is 0.416 e. The van der Waals surface area contributed by atoms with Gasteiger partial charge in [-0.2, -0.15) is 13.2 Å². The van der Waals surface area contributed by atoms with Gasteiger partial charge in [0.25, 0.3) is 0 Å². The number of rotatable bonds is 3. The minimum Gasteiger partial charge on any atom is -0.309 e. The van der Waals surface area contributed by atoms with Crippen molar-refractivity contribution in [2.45, 2.75) is 12.2 Å². The van der Waals surface area contributed by atoms with Gasteiger partial charge in [0.2, 0.25) is 0 Å². The molecule has 2 rings (SSSR count). The molecule has 2 aromatic rings. The zero-order valence-electron chi connectivity index (χ0n) is 11.0. The second-order valence-electron chi connectivity index (χ2n) is 4.51. The number of benzene rings is 2. The number of alkyl halides is 3. The monoisotopic (exact) mass is 377 g/mol. The van der Waals surface area contributed by atoms with Gasteiger partial charge in [-0.15, -0.1) is 0 Å². The first-order chi connectivity index (χ1) is 9.82. The summed E-state index contributed by atoms with van der Waals surface area (Å²) in [6.07, 6.45) is -4.42. The van der Waals surface area contributed by atoms with Gasteiger partial charge in [0.15, 0.2) is 0 Å². The van der Waals surface area contributed by atoms with Gasteiger partial charge < -0.3 is 5.32 Å². The van der Waals surface area contributed by atoms with E-state index in [2.05, 4.69) is 21.2 Å². The highest BCUT2D eigenvalue weighted by Crippen LogP contribution is 2.38. The van der Waals surface area contributed by atoms with Crippen LogP contribution in [0.25, 0.3) is 0 Å². The normalized spacial score (nSPS) is 13.2. The number of nitrogens with one attached hydrogen (secondary N) is 1. The number of halogens is 5. The van der Waals surface area contributed by atoms with Crippen LogP contribution in [-0.4, -0.2) is 7.05 Å². The fourth-order valence-corrected chi connectivity index (χ4v) is 2.77. The highest BCUT2D eigenvalue weighted by Gasteiger charge is 2.35. The van der Waals surface area contributed by atoms with Gasteiger partial charge >= 0.3 is 6.18 Å². The molecule has 1 atom stereocenters. The molecule has 0 aromatic heterocycles. The Morgan fingerprint density at radius 2 is 1.86 bits per heavy atom. The van der Waals surface area contributed by atoms with Crippen LogP contribution < -0.4 is 5.32 Å². The number of hydrogen-bond donors (Lipinski definition) is 1. The molecule has 2 aromatic carbocycles. The third kappa shape index (κ3) is 3.78. The Morgan fingerprint density at radius 1 is 1.14 bits per heavy atom. The van der Waals surface area contributed by atoms with Crippen molar-refractivity contribution in [2.24, 2.45) is 0 Å². The molecule has 0 saturated heterocycles. The van der Waals surface area contributed by atoms with Crippen LogP contribution in [-0.2, 0) is 6.18 Å². The Hall–Kier alpha value is -1.04. The third-order valence-electron chi connectivity index (χ3n) is 3.10. The zero-order chi connectivity index (χ0) is 15.6. The van der Waals surface area contributed by atoms with Crippen molar-refractivity contribution >= 4 is 27.5 Å². The van der Waals surface area contributed by atoms with Gasteiger partial charge in [0.05, 0.1) is 11.6 Å².